The fourth-order valence-corrected chi connectivity index (χ4v) is 2.24. The Labute approximate surface area is 108 Å². The number of rotatable bonds is 4. The summed E-state index contributed by atoms with van der Waals surface area (Å²) < 4.78 is 1.98. The first-order valence-corrected chi connectivity index (χ1v) is 6.67. The van der Waals surface area contributed by atoms with Crippen LogP contribution >= 0.6 is 0 Å². The van der Waals surface area contributed by atoms with Crippen LogP contribution in [0.3, 0.4) is 0 Å². The predicted octanol–water partition coefficient (Wildman–Crippen LogP) is 0.610. The van der Waals surface area contributed by atoms with E-state index in [2.05, 4.69) is 23.9 Å². The maximum Gasteiger partial charge on any atom is 0.242 e. The lowest BCUT2D eigenvalue weighted by atomic mass is 10.3. The molecule has 18 heavy (non-hydrogen) atoms. The SMILES string of the molecule is CCCc1nccn1CC(=O)N1CCN(C)CC1. The Kier molecular flexibility index (Phi) is 4.36. The van der Waals surface area contributed by atoms with Crippen LogP contribution in [0.2, 0.25) is 0 Å². The van der Waals surface area contributed by atoms with Crippen LogP contribution in [0.5, 0.6) is 0 Å². The summed E-state index contributed by atoms with van der Waals surface area (Å²) in [5, 5.41) is 0. The number of aryl methyl sites for hydroxylation is 1. The van der Waals surface area contributed by atoms with Crippen molar-refractivity contribution in [3.05, 3.63) is 18.2 Å². The Balaban J connectivity index is 1.92. The Morgan fingerprint density at radius 3 is 2.72 bits per heavy atom. The molecule has 1 aliphatic heterocycles. The number of carbonyl (C=O) groups is 1. The number of hydrogen-bond donors (Lipinski definition) is 0. The number of likely N-dealkylation sites (N-methyl/N-ethyl adjacent to an activating group) is 1. The average Bonchev–Trinajstić information content (AvgIpc) is 2.78. The van der Waals surface area contributed by atoms with Gasteiger partial charge in [0.2, 0.25) is 5.91 Å². The summed E-state index contributed by atoms with van der Waals surface area (Å²) in [6, 6.07) is 0. The van der Waals surface area contributed by atoms with Gasteiger partial charge >= 0.3 is 0 Å². The van der Waals surface area contributed by atoms with Crippen molar-refractivity contribution in [2.45, 2.75) is 26.3 Å². The summed E-state index contributed by atoms with van der Waals surface area (Å²) in [6.45, 7) is 6.18. The largest absolute Gasteiger partial charge is 0.339 e. The smallest absolute Gasteiger partial charge is 0.242 e. The molecule has 0 aliphatic carbocycles. The van der Waals surface area contributed by atoms with Gasteiger partial charge in [-0.15, -0.1) is 0 Å². The number of amides is 1. The van der Waals surface area contributed by atoms with Gasteiger partial charge in [0, 0.05) is 45.0 Å². The second kappa shape index (κ2) is 6.00. The monoisotopic (exact) mass is 250 g/mol. The van der Waals surface area contributed by atoms with E-state index in [0.717, 1.165) is 44.8 Å². The number of aromatic nitrogens is 2. The van der Waals surface area contributed by atoms with Crippen LogP contribution in [0, 0.1) is 0 Å². The van der Waals surface area contributed by atoms with Crippen molar-refractivity contribution >= 4 is 5.91 Å². The molecule has 1 aromatic heterocycles. The number of imidazole rings is 1. The molecule has 1 amide bonds. The first kappa shape index (κ1) is 13.1. The Morgan fingerprint density at radius 2 is 2.06 bits per heavy atom. The van der Waals surface area contributed by atoms with Gasteiger partial charge in [-0.25, -0.2) is 4.98 Å². The Hall–Kier alpha value is -1.36. The molecule has 0 atom stereocenters. The Morgan fingerprint density at radius 1 is 1.33 bits per heavy atom. The quantitative estimate of drug-likeness (QED) is 0.786. The van der Waals surface area contributed by atoms with E-state index in [1.165, 1.54) is 0 Å². The van der Waals surface area contributed by atoms with Crippen molar-refractivity contribution in [2.24, 2.45) is 0 Å². The number of carbonyl (C=O) groups excluding carboxylic acids is 1. The van der Waals surface area contributed by atoms with Crippen LogP contribution in [0.4, 0.5) is 0 Å². The molecule has 2 rings (SSSR count). The molecule has 100 valence electrons. The summed E-state index contributed by atoms with van der Waals surface area (Å²) in [7, 11) is 2.09. The summed E-state index contributed by atoms with van der Waals surface area (Å²) in [5.74, 6) is 1.22. The van der Waals surface area contributed by atoms with Crippen LogP contribution in [0.25, 0.3) is 0 Å². The van der Waals surface area contributed by atoms with Gasteiger partial charge in [-0.05, 0) is 13.5 Å². The fraction of sp³-hybridized carbons (Fsp3) is 0.692. The van der Waals surface area contributed by atoms with E-state index in [0.29, 0.717) is 6.54 Å². The molecule has 0 radical (unpaired) electrons. The first-order chi connectivity index (χ1) is 8.70. The van der Waals surface area contributed by atoms with Gasteiger partial charge in [0.15, 0.2) is 0 Å². The molecule has 0 unspecified atom stereocenters. The lowest BCUT2D eigenvalue weighted by Crippen LogP contribution is -2.48. The van der Waals surface area contributed by atoms with Gasteiger partial charge < -0.3 is 14.4 Å². The van der Waals surface area contributed by atoms with Crippen LogP contribution in [0.1, 0.15) is 19.2 Å². The second-order valence-corrected chi connectivity index (χ2v) is 4.91. The van der Waals surface area contributed by atoms with Gasteiger partial charge in [0.1, 0.15) is 12.4 Å². The normalized spacial score (nSPS) is 17.1. The van der Waals surface area contributed by atoms with E-state index in [9.17, 15) is 4.79 Å². The van der Waals surface area contributed by atoms with E-state index in [4.69, 9.17) is 0 Å². The Bertz CT molecular complexity index is 393. The molecule has 0 bridgehead atoms. The van der Waals surface area contributed by atoms with Gasteiger partial charge in [0.05, 0.1) is 0 Å². The third-order valence-electron chi connectivity index (χ3n) is 3.44. The maximum atomic E-state index is 12.2. The highest BCUT2D eigenvalue weighted by Crippen LogP contribution is 2.05. The van der Waals surface area contributed by atoms with Crippen molar-refractivity contribution < 1.29 is 4.79 Å². The summed E-state index contributed by atoms with van der Waals surface area (Å²) >= 11 is 0. The minimum atomic E-state index is 0.207. The van der Waals surface area contributed by atoms with Gasteiger partial charge in [-0.1, -0.05) is 6.92 Å². The molecule has 0 spiro atoms. The lowest BCUT2D eigenvalue weighted by molar-refractivity contribution is -0.133. The van der Waals surface area contributed by atoms with Crippen LogP contribution < -0.4 is 0 Å². The fourth-order valence-electron chi connectivity index (χ4n) is 2.24. The zero-order chi connectivity index (χ0) is 13.0. The van der Waals surface area contributed by atoms with Crippen LogP contribution in [-0.2, 0) is 17.8 Å². The van der Waals surface area contributed by atoms with Crippen LogP contribution in [-0.4, -0.2) is 58.5 Å². The molecule has 0 N–H and O–H groups in total. The molecule has 5 heteroatoms. The average molecular weight is 250 g/mol. The van der Waals surface area contributed by atoms with Crippen molar-refractivity contribution in [3.8, 4) is 0 Å². The number of hydrogen-bond acceptors (Lipinski definition) is 3. The van der Waals surface area contributed by atoms with E-state index in [1.54, 1.807) is 6.20 Å². The highest BCUT2D eigenvalue weighted by Gasteiger charge is 2.19. The molecule has 5 nitrogen and oxygen atoms in total. The molecule has 2 heterocycles. The zero-order valence-corrected chi connectivity index (χ0v) is 11.3. The highest BCUT2D eigenvalue weighted by molar-refractivity contribution is 5.76. The van der Waals surface area contributed by atoms with E-state index < -0.39 is 0 Å². The minimum absolute atomic E-state index is 0.207. The highest BCUT2D eigenvalue weighted by atomic mass is 16.2. The number of nitrogens with zero attached hydrogens (tertiary/aromatic N) is 4. The predicted molar refractivity (Wildman–Crippen MR) is 70.3 cm³/mol. The van der Waals surface area contributed by atoms with Crippen molar-refractivity contribution in [2.75, 3.05) is 33.2 Å². The molecule has 1 fully saturated rings. The summed E-state index contributed by atoms with van der Waals surface area (Å²) in [4.78, 5) is 20.7. The third-order valence-corrected chi connectivity index (χ3v) is 3.44. The lowest BCUT2D eigenvalue weighted by Gasteiger charge is -2.32. The first-order valence-electron chi connectivity index (χ1n) is 6.67. The molecule has 1 saturated heterocycles. The molecular weight excluding hydrogens is 228 g/mol. The van der Waals surface area contributed by atoms with Crippen molar-refractivity contribution in [3.63, 3.8) is 0 Å². The zero-order valence-electron chi connectivity index (χ0n) is 11.3. The second-order valence-electron chi connectivity index (χ2n) is 4.91. The number of piperazine rings is 1. The topological polar surface area (TPSA) is 41.4 Å². The third kappa shape index (κ3) is 3.10. The van der Waals surface area contributed by atoms with Gasteiger partial charge in [0.25, 0.3) is 0 Å². The summed E-state index contributed by atoms with van der Waals surface area (Å²) in [6.07, 6.45) is 5.67. The molecule has 1 aromatic rings. The van der Waals surface area contributed by atoms with E-state index in [1.807, 2.05) is 15.7 Å². The molecule has 0 saturated carbocycles. The molecule has 1 aliphatic rings. The van der Waals surface area contributed by atoms with E-state index >= 15 is 0 Å². The van der Waals surface area contributed by atoms with Crippen LogP contribution in [0.15, 0.2) is 12.4 Å². The minimum Gasteiger partial charge on any atom is -0.339 e. The standard InChI is InChI=1S/C13H22N4O/c1-3-4-12-14-5-6-17(12)11-13(18)16-9-7-15(2)8-10-16/h5-6H,3-4,7-11H2,1-2H3. The van der Waals surface area contributed by atoms with Crippen molar-refractivity contribution in [1.82, 2.24) is 19.4 Å². The maximum absolute atomic E-state index is 12.2. The summed E-state index contributed by atoms with van der Waals surface area (Å²) in [5.41, 5.74) is 0. The molecular formula is C13H22N4O. The van der Waals surface area contributed by atoms with Gasteiger partial charge in [-0.2, -0.15) is 0 Å². The van der Waals surface area contributed by atoms with Crippen molar-refractivity contribution in [1.29, 1.82) is 0 Å². The molecule has 0 aromatic carbocycles. The van der Waals surface area contributed by atoms with E-state index in [-0.39, 0.29) is 5.91 Å². The van der Waals surface area contributed by atoms with Gasteiger partial charge in [-0.3, -0.25) is 4.79 Å².